The second-order valence-electron chi connectivity index (χ2n) is 4.16. The van der Waals surface area contributed by atoms with Crippen LogP contribution in [0.1, 0.15) is 5.56 Å². The Balaban J connectivity index is 2.38. The number of methoxy groups -OCH3 is 1. The molecule has 0 aliphatic heterocycles. The molecule has 0 saturated carbocycles. The molecule has 0 fully saturated rings. The Hall–Kier alpha value is -1.18. The number of nitrogens with two attached hydrogens (primary N) is 1. The summed E-state index contributed by atoms with van der Waals surface area (Å²) in [5.41, 5.74) is 6.99. The zero-order valence-corrected chi connectivity index (χ0v) is 14.9. The van der Waals surface area contributed by atoms with Gasteiger partial charge in [0.2, 0.25) is 0 Å². The maximum Gasteiger partial charge on any atom is 0.161 e. The van der Waals surface area contributed by atoms with E-state index in [0.717, 1.165) is 4.47 Å². The smallest absolute Gasteiger partial charge is 0.161 e. The van der Waals surface area contributed by atoms with Gasteiger partial charge in [-0.15, -0.1) is 0 Å². The molecular formula is C14H11Br2FN2OS. The first-order chi connectivity index (χ1) is 9.92. The van der Waals surface area contributed by atoms with Gasteiger partial charge in [0.25, 0.3) is 0 Å². The van der Waals surface area contributed by atoms with Crippen molar-refractivity contribution in [3.63, 3.8) is 0 Å². The van der Waals surface area contributed by atoms with E-state index in [0.29, 0.717) is 22.7 Å². The molecule has 0 atom stereocenters. The van der Waals surface area contributed by atoms with Gasteiger partial charge in [0, 0.05) is 21.8 Å². The molecule has 0 aromatic heterocycles. The molecule has 0 saturated heterocycles. The normalized spacial score (nSPS) is 10.3. The summed E-state index contributed by atoms with van der Waals surface area (Å²) >= 11 is 11.4. The molecule has 0 heterocycles. The van der Waals surface area contributed by atoms with E-state index < -0.39 is 5.82 Å². The predicted octanol–water partition coefficient (Wildman–Crippen LogP) is 4.74. The molecule has 2 aromatic carbocycles. The van der Waals surface area contributed by atoms with Gasteiger partial charge in [0.15, 0.2) is 5.82 Å². The van der Waals surface area contributed by atoms with Crippen molar-refractivity contribution in [1.29, 1.82) is 0 Å². The van der Waals surface area contributed by atoms with Gasteiger partial charge >= 0.3 is 0 Å². The summed E-state index contributed by atoms with van der Waals surface area (Å²) in [5, 5.41) is 3.00. The zero-order valence-electron chi connectivity index (χ0n) is 10.9. The highest BCUT2D eigenvalue weighted by Gasteiger charge is 2.13. The molecule has 0 aliphatic rings. The Labute approximate surface area is 143 Å². The maximum absolute atomic E-state index is 14.3. The van der Waals surface area contributed by atoms with Crippen LogP contribution in [0, 0.1) is 5.82 Å². The van der Waals surface area contributed by atoms with Crippen LogP contribution >= 0.6 is 44.1 Å². The van der Waals surface area contributed by atoms with Gasteiger partial charge in [0.05, 0.1) is 17.3 Å². The number of ether oxygens (including phenoxy) is 1. The van der Waals surface area contributed by atoms with Gasteiger partial charge in [-0.25, -0.2) is 4.39 Å². The first-order valence-corrected chi connectivity index (χ1v) is 7.81. The largest absolute Gasteiger partial charge is 0.497 e. The lowest BCUT2D eigenvalue weighted by Gasteiger charge is -2.12. The van der Waals surface area contributed by atoms with Gasteiger partial charge in [-0.05, 0) is 40.2 Å². The molecule has 0 unspecified atom stereocenters. The van der Waals surface area contributed by atoms with Crippen LogP contribution in [0.2, 0.25) is 0 Å². The molecule has 3 N–H and O–H groups in total. The van der Waals surface area contributed by atoms with Crippen molar-refractivity contribution in [2.24, 2.45) is 5.73 Å². The van der Waals surface area contributed by atoms with Gasteiger partial charge in [-0.2, -0.15) is 0 Å². The highest BCUT2D eigenvalue weighted by atomic mass is 79.9. The molecule has 0 spiro atoms. The molecule has 2 rings (SSSR count). The second kappa shape index (κ2) is 6.72. The van der Waals surface area contributed by atoms with Crippen molar-refractivity contribution in [2.45, 2.75) is 0 Å². The quantitative estimate of drug-likeness (QED) is 0.683. The first-order valence-electron chi connectivity index (χ1n) is 5.81. The monoisotopic (exact) mass is 432 g/mol. The second-order valence-corrected chi connectivity index (χ2v) is 6.31. The van der Waals surface area contributed by atoms with Crippen molar-refractivity contribution in [3.05, 3.63) is 50.7 Å². The Morgan fingerprint density at radius 2 is 2.00 bits per heavy atom. The van der Waals surface area contributed by atoms with E-state index in [2.05, 4.69) is 37.2 Å². The molecular weight excluding hydrogens is 423 g/mol. The lowest BCUT2D eigenvalue weighted by Crippen LogP contribution is -2.11. The van der Waals surface area contributed by atoms with E-state index in [1.807, 2.05) is 12.1 Å². The molecule has 0 amide bonds. The third-order valence-corrected chi connectivity index (χ3v) is 4.19. The summed E-state index contributed by atoms with van der Waals surface area (Å²) < 4.78 is 20.6. The summed E-state index contributed by atoms with van der Waals surface area (Å²) in [6.45, 7) is 0. The third kappa shape index (κ3) is 3.72. The van der Waals surface area contributed by atoms with E-state index in [4.69, 9.17) is 22.7 Å². The van der Waals surface area contributed by atoms with Crippen LogP contribution in [0.4, 0.5) is 15.8 Å². The van der Waals surface area contributed by atoms with Crippen LogP contribution in [0.5, 0.6) is 5.75 Å². The minimum atomic E-state index is -0.459. The van der Waals surface area contributed by atoms with E-state index in [1.165, 1.54) is 0 Å². The van der Waals surface area contributed by atoms with E-state index in [-0.39, 0.29) is 9.46 Å². The van der Waals surface area contributed by atoms with Crippen LogP contribution in [-0.2, 0) is 0 Å². The Morgan fingerprint density at radius 3 is 2.62 bits per heavy atom. The highest BCUT2D eigenvalue weighted by molar-refractivity contribution is 9.10. The van der Waals surface area contributed by atoms with Crippen LogP contribution in [0.3, 0.4) is 0 Å². The van der Waals surface area contributed by atoms with Crippen molar-refractivity contribution in [1.82, 2.24) is 0 Å². The van der Waals surface area contributed by atoms with E-state index in [9.17, 15) is 4.39 Å². The van der Waals surface area contributed by atoms with Gasteiger partial charge in [-0.3, -0.25) is 0 Å². The Bertz CT molecular complexity index is 710. The molecule has 21 heavy (non-hydrogen) atoms. The number of thiocarbonyl (C=S) groups is 1. The summed E-state index contributed by atoms with van der Waals surface area (Å²) in [5.74, 6) is 0.199. The molecule has 2 aromatic rings. The SMILES string of the molecule is COc1cc(Br)cc(Nc2ccc(C(N)=S)c(Br)c2F)c1. The van der Waals surface area contributed by atoms with Gasteiger partial charge in [-0.1, -0.05) is 28.1 Å². The van der Waals surface area contributed by atoms with Crippen molar-refractivity contribution >= 4 is 60.4 Å². The number of anilines is 2. The molecule has 0 radical (unpaired) electrons. The Morgan fingerprint density at radius 1 is 1.29 bits per heavy atom. The molecule has 7 heteroatoms. The number of hydrogen-bond donors (Lipinski definition) is 2. The van der Waals surface area contributed by atoms with Crippen molar-refractivity contribution < 1.29 is 9.13 Å². The van der Waals surface area contributed by atoms with E-state index >= 15 is 0 Å². The molecule has 110 valence electrons. The predicted molar refractivity (Wildman–Crippen MR) is 94.0 cm³/mol. The van der Waals surface area contributed by atoms with Crippen molar-refractivity contribution in [2.75, 3.05) is 12.4 Å². The fourth-order valence-corrected chi connectivity index (χ4v) is 3.08. The van der Waals surface area contributed by atoms with Crippen LogP contribution in [0.25, 0.3) is 0 Å². The molecule has 3 nitrogen and oxygen atoms in total. The van der Waals surface area contributed by atoms with Crippen LogP contribution in [0.15, 0.2) is 39.3 Å². The summed E-state index contributed by atoms with van der Waals surface area (Å²) in [6.07, 6.45) is 0. The number of hydrogen-bond acceptors (Lipinski definition) is 3. The molecule has 0 bridgehead atoms. The lowest BCUT2D eigenvalue weighted by atomic mass is 10.2. The minimum Gasteiger partial charge on any atom is -0.497 e. The lowest BCUT2D eigenvalue weighted by molar-refractivity contribution is 0.415. The first kappa shape index (κ1) is 16.2. The number of benzene rings is 2. The summed E-state index contributed by atoms with van der Waals surface area (Å²) in [7, 11) is 1.57. The standard InChI is InChI=1S/C14H11Br2FN2OS/c1-20-9-5-7(15)4-8(6-9)19-11-3-2-10(14(18)21)12(16)13(11)17/h2-6,19H,1H3,(H2,18,21). The molecule has 0 aliphatic carbocycles. The minimum absolute atomic E-state index is 0.136. The summed E-state index contributed by atoms with van der Waals surface area (Å²) in [6, 6.07) is 8.64. The fraction of sp³-hybridized carbons (Fsp3) is 0.0714. The number of nitrogens with one attached hydrogen (secondary N) is 1. The van der Waals surface area contributed by atoms with Gasteiger partial charge < -0.3 is 15.8 Å². The zero-order chi connectivity index (χ0) is 15.6. The van der Waals surface area contributed by atoms with Gasteiger partial charge in [0.1, 0.15) is 10.7 Å². The summed E-state index contributed by atoms with van der Waals surface area (Å²) in [4.78, 5) is 0.136. The number of halogens is 3. The average molecular weight is 434 g/mol. The maximum atomic E-state index is 14.3. The van der Waals surface area contributed by atoms with Crippen molar-refractivity contribution in [3.8, 4) is 5.75 Å². The third-order valence-electron chi connectivity index (χ3n) is 2.73. The van der Waals surface area contributed by atoms with Crippen LogP contribution in [-0.4, -0.2) is 12.1 Å². The fourth-order valence-electron chi connectivity index (χ4n) is 1.74. The van der Waals surface area contributed by atoms with E-state index in [1.54, 1.807) is 25.3 Å². The Kier molecular flexibility index (Phi) is 5.18. The highest BCUT2D eigenvalue weighted by Crippen LogP contribution is 2.31. The average Bonchev–Trinajstić information content (AvgIpc) is 2.43. The topological polar surface area (TPSA) is 47.3 Å². The van der Waals surface area contributed by atoms with Crippen LogP contribution < -0.4 is 15.8 Å². The number of rotatable bonds is 4.